The highest BCUT2D eigenvalue weighted by molar-refractivity contribution is 5.88. The SMILES string of the molecule is CC(C=CC1=C(C)CCCC1(C)C)=CC=CC(C)=CCNc1ccc(C(=O)O)cc1. The molecule has 0 heterocycles. The molecule has 0 aliphatic heterocycles. The molecule has 0 saturated carbocycles. The van der Waals surface area contributed by atoms with E-state index in [1.807, 2.05) is 0 Å². The van der Waals surface area contributed by atoms with Gasteiger partial charge in [-0.3, -0.25) is 0 Å². The third kappa shape index (κ3) is 7.22. The lowest BCUT2D eigenvalue weighted by atomic mass is 9.72. The summed E-state index contributed by atoms with van der Waals surface area (Å²) in [4.78, 5) is 10.9. The molecule has 0 atom stereocenters. The lowest BCUT2D eigenvalue weighted by molar-refractivity contribution is 0.0697. The molecule has 3 heteroatoms. The highest BCUT2D eigenvalue weighted by atomic mass is 16.4. The van der Waals surface area contributed by atoms with Crippen molar-refractivity contribution in [1.29, 1.82) is 0 Å². The van der Waals surface area contributed by atoms with Gasteiger partial charge in [-0.25, -0.2) is 4.79 Å². The number of hydrogen-bond acceptors (Lipinski definition) is 2. The van der Waals surface area contributed by atoms with Gasteiger partial charge in [-0.1, -0.05) is 67.0 Å². The van der Waals surface area contributed by atoms with Crippen LogP contribution in [-0.2, 0) is 0 Å². The summed E-state index contributed by atoms with van der Waals surface area (Å²) in [5, 5.41) is 12.2. The van der Waals surface area contributed by atoms with Crippen molar-refractivity contribution >= 4 is 11.7 Å². The van der Waals surface area contributed by atoms with E-state index >= 15 is 0 Å². The second-order valence-corrected chi connectivity index (χ2v) is 8.75. The minimum Gasteiger partial charge on any atom is -0.478 e. The minimum atomic E-state index is -0.907. The molecular weight excluding hydrogens is 370 g/mol. The first-order chi connectivity index (χ1) is 14.2. The summed E-state index contributed by atoms with van der Waals surface area (Å²) < 4.78 is 0. The first-order valence-electron chi connectivity index (χ1n) is 10.7. The van der Waals surface area contributed by atoms with Gasteiger partial charge in [-0.2, -0.15) is 0 Å². The van der Waals surface area contributed by atoms with Crippen molar-refractivity contribution in [2.75, 3.05) is 11.9 Å². The maximum atomic E-state index is 10.9. The first kappa shape index (κ1) is 23.5. The van der Waals surface area contributed by atoms with E-state index in [0.29, 0.717) is 12.1 Å². The lowest BCUT2D eigenvalue weighted by Crippen LogP contribution is -2.19. The third-order valence-corrected chi connectivity index (χ3v) is 5.64. The van der Waals surface area contributed by atoms with Gasteiger partial charge in [0.2, 0.25) is 0 Å². The number of carboxylic acids is 1. The van der Waals surface area contributed by atoms with Gasteiger partial charge in [0, 0.05) is 12.2 Å². The van der Waals surface area contributed by atoms with Crippen LogP contribution in [0.4, 0.5) is 5.69 Å². The van der Waals surface area contributed by atoms with Gasteiger partial charge in [0.15, 0.2) is 0 Å². The Hall–Kier alpha value is -2.81. The van der Waals surface area contributed by atoms with Gasteiger partial charge in [0.05, 0.1) is 5.56 Å². The summed E-state index contributed by atoms with van der Waals surface area (Å²) in [7, 11) is 0. The Morgan fingerprint density at radius 2 is 1.83 bits per heavy atom. The fraction of sp³-hybridized carbons (Fsp3) is 0.370. The van der Waals surface area contributed by atoms with E-state index in [2.05, 4.69) is 76.4 Å². The number of anilines is 1. The number of benzene rings is 1. The second-order valence-electron chi connectivity index (χ2n) is 8.75. The molecule has 1 aliphatic rings. The molecule has 0 amide bonds. The van der Waals surface area contributed by atoms with Crippen LogP contribution in [0, 0.1) is 5.41 Å². The number of hydrogen-bond donors (Lipinski definition) is 2. The Morgan fingerprint density at radius 3 is 2.47 bits per heavy atom. The highest BCUT2D eigenvalue weighted by Gasteiger charge is 2.26. The smallest absolute Gasteiger partial charge is 0.335 e. The van der Waals surface area contributed by atoms with Crippen LogP contribution in [0.5, 0.6) is 0 Å². The van der Waals surface area contributed by atoms with Crippen molar-refractivity contribution in [3.63, 3.8) is 0 Å². The molecule has 0 bridgehead atoms. The van der Waals surface area contributed by atoms with Gasteiger partial charge in [-0.05, 0) is 75.3 Å². The molecule has 2 N–H and O–H groups in total. The zero-order chi connectivity index (χ0) is 22.1. The Kier molecular flexibility index (Phi) is 8.46. The molecule has 160 valence electrons. The van der Waals surface area contributed by atoms with Gasteiger partial charge in [-0.15, -0.1) is 0 Å². The van der Waals surface area contributed by atoms with Crippen molar-refractivity contribution in [3.8, 4) is 0 Å². The number of carbonyl (C=O) groups is 1. The van der Waals surface area contributed by atoms with E-state index < -0.39 is 5.97 Å². The van der Waals surface area contributed by atoms with Gasteiger partial charge in [0.25, 0.3) is 0 Å². The Balaban J connectivity index is 1.88. The van der Waals surface area contributed by atoms with E-state index in [1.54, 1.807) is 24.3 Å². The molecule has 2 rings (SSSR count). The summed E-state index contributed by atoms with van der Waals surface area (Å²) in [6.07, 6.45) is 16.7. The van der Waals surface area contributed by atoms with Crippen LogP contribution in [0.2, 0.25) is 0 Å². The summed E-state index contributed by atoms with van der Waals surface area (Å²) in [6, 6.07) is 6.78. The largest absolute Gasteiger partial charge is 0.478 e. The van der Waals surface area contributed by atoms with Crippen LogP contribution in [-0.4, -0.2) is 17.6 Å². The molecular formula is C27H35NO2. The predicted octanol–water partition coefficient (Wildman–Crippen LogP) is 7.33. The zero-order valence-corrected chi connectivity index (χ0v) is 19.0. The van der Waals surface area contributed by atoms with Crippen LogP contribution >= 0.6 is 0 Å². The number of aromatic carboxylic acids is 1. The fourth-order valence-electron chi connectivity index (χ4n) is 3.76. The van der Waals surface area contributed by atoms with Gasteiger partial charge in [0.1, 0.15) is 0 Å². The molecule has 3 nitrogen and oxygen atoms in total. The van der Waals surface area contributed by atoms with E-state index in [0.717, 1.165) is 5.69 Å². The van der Waals surface area contributed by atoms with Crippen LogP contribution in [0.15, 0.2) is 83.0 Å². The first-order valence-corrected chi connectivity index (χ1v) is 10.7. The van der Waals surface area contributed by atoms with E-state index in [-0.39, 0.29) is 5.41 Å². The topological polar surface area (TPSA) is 49.3 Å². The maximum absolute atomic E-state index is 10.9. The average Bonchev–Trinajstić information content (AvgIpc) is 2.67. The molecule has 1 aromatic rings. The third-order valence-electron chi connectivity index (χ3n) is 5.64. The highest BCUT2D eigenvalue weighted by Crippen LogP contribution is 2.40. The van der Waals surface area contributed by atoms with Crippen LogP contribution < -0.4 is 5.32 Å². The van der Waals surface area contributed by atoms with Crippen molar-refractivity contribution in [1.82, 2.24) is 0 Å². The Morgan fingerprint density at radius 1 is 1.13 bits per heavy atom. The van der Waals surface area contributed by atoms with Crippen molar-refractivity contribution < 1.29 is 9.90 Å². The molecule has 0 unspecified atom stereocenters. The summed E-state index contributed by atoms with van der Waals surface area (Å²) in [5.41, 5.74) is 6.89. The van der Waals surface area contributed by atoms with Crippen LogP contribution in [0.25, 0.3) is 0 Å². The summed E-state index contributed by atoms with van der Waals surface area (Å²) in [5.74, 6) is -0.907. The molecule has 0 spiro atoms. The Bertz CT molecular complexity index is 893. The second kappa shape index (κ2) is 10.8. The quantitative estimate of drug-likeness (QED) is 0.445. The van der Waals surface area contributed by atoms with Gasteiger partial charge >= 0.3 is 5.97 Å². The lowest BCUT2D eigenvalue weighted by Gasteiger charge is -2.32. The minimum absolute atomic E-state index is 0.273. The number of carboxylic acid groups (broad SMARTS) is 1. The number of rotatable bonds is 8. The van der Waals surface area contributed by atoms with E-state index in [1.165, 1.54) is 41.6 Å². The van der Waals surface area contributed by atoms with Crippen molar-refractivity contribution in [2.45, 2.75) is 53.9 Å². The molecule has 1 aliphatic carbocycles. The number of nitrogens with one attached hydrogen (secondary N) is 1. The standard InChI is InChI=1S/C27H35NO2/c1-20(11-16-25-22(3)10-7-18-27(25,4)5)8-6-9-21(2)17-19-28-24-14-12-23(13-15-24)26(29)30/h6,8-9,11-17,28H,7,10,18-19H2,1-5H3,(H,29,30). The average molecular weight is 406 g/mol. The maximum Gasteiger partial charge on any atom is 0.335 e. The van der Waals surface area contributed by atoms with E-state index in [4.69, 9.17) is 5.11 Å². The summed E-state index contributed by atoms with van der Waals surface area (Å²) in [6.45, 7) is 11.8. The van der Waals surface area contributed by atoms with Crippen LogP contribution in [0.1, 0.15) is 64.2 Å². The molecule has 0 radical (unpaired) electrons. The fourth-order valence-corrected chi connectivity index (χ4v) is 3.76. The van der Waals surface area contributed by atoms with Crippen molar-refractivity contribution in [2.24, 2.45) is 5.41 Å². The normalized spacial score (nSPS) is 17.8. The van der Waals surface area contributed by atoms with Crippen molar-refractivity contribution in [3.05, 3.63) is 88.6 Å². The molecule has 30 heavy (non-hydrogen) atoms. The number of allylic oxidation sites excluding steroid dienone is 9. The van der Waals surface area contributed by atoms with Crippen LogP contribution in [0.3, 0.4) is 0 Å². The monoisotopic (exact) mass is 405 g/mol. The predicted molar refractivity (Wildman–Crippen MR) is 128 cm³/mol. The van der Waals surface area contributed by atoms with E-state index in [9.17, 15) is 4.79 Å². The molecule has 0 saturated heterocycles. The molecule has 0 fully saturated rings. The zero-order valence-electron chi connectivity index (χ0n) is 19.0. The molecule has 0 aromatic heterocycles. The summed E-state index contributed by atoms with van der Waals surface area (Å²) >= 11 is 0. The van der Waals surface area contributed by atoms with Gasteiger partial charge < -0.3 is 10.4 Å². The Labute approximate surface area is 181 Å². The molecule has 1 aromatic carbocycles.